The maximum absolute atomic E-state index is 5.63. The molecule has 5 heteroatoms. The van der Waals surface area contributed by atoms with E-state index >= 15 is 0 Å². The Morgan fingerprint density at radius 1 is 1.15 bits per heavy atom. The van der Waals surface area contributed by atoms with Gasteiger partial charge in [0.05, 0.1) is 11.2 Å². The van der Waals surface area contributed by atoms with Crippen LogP contribution in [0.1, 0.15) is 37.2 Å². The molecule has 0 saturated heterocycles. The lowest BCUT2D eigenvalue weighted by molar-refractivity contribution is 0.171. The van der Waals surface area contributed by atoms with E-state index in [4.69, 9.17) is 9.47 Å². The first kappa shape index (κ1) is 13.4. The predicted octanol–water partition coefficient (Wildman–Crippen LogP) is 3.33. The molecular formula is C15H18N2O2S. The quantitative estimate of drug-likeness (QED) is 0.938. The number of hydrogen-bond donors (Lipinski definition) is 1. The highest BCUT2D eigenvalue weighted by Gasteiger charge is 2.16. The van der Waals surface area contributed by atoms with Gasteiger partial charge in [-0.3, -0.25) is 0 Å². The third-order valence-corrected chi connectivity index (χ3v) is 4.07. The van der Waals surface area contributed by atoms with Crippen molar-refractivity contribution in [1.82, 2.24) is 10.3 Å². The molecule has 0 radical (unpaired) electrons. The third kappa shape index (κ3) is 2.78. The Balaban J connectivity index is 1.72. The molecule has 1 N–H and O–H groups in total. The SMILES string of the molecule is CC(NC(C)c1cscn1)c1ccc2c(c1)OCCO2. The lowest BCUT2D eigenvalue weighted by atomic mass is 10.1. The summed E-state index contributed by atoms with van der Waals surface area (Å²) in [6, 6.07) is 6.57. The van der Waals surface area contributed by atoms with Crippen molar-refractivity contribution in [3.63, 3.8) is 0 Å². The Morgan fingerprint density at radius 3 is 2.70 bits per heavy atom. The standard InChI is InChI=1S/C15H18N2O2S/c1-10(17-11(2)13-8-20-9-16-13)12-3-4-14-15(7-12)19-6-5-18-14/h3-4,7-11,17H,5-6H2,1-2H3. The lowest BCUT2D eigenvalue weighted by Crippen LogP contribution is -2.23. The van der Waals surface area contributed by atoms with Crippen LogP contribution in [0.4, 0.5) is 0 Å². The van der Waals surface area contributed by atoms with Crippen molar-refractivity contribution in [3.8, 4) is 11.5 Å². The molecule has 0 aliphatic carbocycles. The monoisotopic (exact) mass is 290 g/mol. The Morgan fingerprint density at radius 2 is 1.95 bits per heavy atom. The summed E-state index contributed by atoms with van der Waals surface area (Å²) in [5.74, 6) is 1.67. The van der Waals surface area contributed by atoms with Crippen LogP contribution < -0.4 is 14.8 Å². The zero-order valence-corrected chi connectivity index (χ0v) is 12.4. The van der Waals surface area contributed by atoms with E-state index in [9.17, 15) is 0 Å². The summed E-state index contributed by atoms with van der Waals surface area (Å²) in [4.78, 5) is 4.34. The fraction of sp³-hybridized carbons (Fsp3) is 0.400. The van der Waals surface area contributed by atoms with Gasteiger partial charge in [-0.15, -0.1) is 11.3 Å². The highest BCUT2D eigenvalue weighted by Crippen LogP contribution is 2.33. The van der Waals surface area contributed by atoms with Gasteiger partial charge < -0.3 is 14.8 Å². The van der Waals surface area contributed by atoms with E-state index in [1.165, 1.54) is 5.56 Å². The topological polar surface area (TPSA) is 43.4 Å². The first-order chi connectivity index (χ1) is 9.74. The summed E-state index contributed by atoms with van der Waals surface area (Å²) in [5.41, 5.74) is 4.14. The first-order valence-corrected chi connectivity index (χ1v) is 7.72. The average molecular weight is 290 g/mol. The Kier molecular flexibility index (Phi) is 3.89. The van der Waals surface area contributed by atoms with Crippen LogP contribution in [0.15, 0.2) is 29.1 Å². The predicted molar refractivity (Wildman–Crippen MR) is 79.5 cm³/mol. The summed E-state index contributed by atoms with van der Waals surface area (Å²) in [6.45, 7) is 5.52. The molecule has 2 heterocycles. The van der Waals surface area contributed by atoms with Crippen molar-refractivity contribution in [2.45, 2.75) is 25.9 Å². The lowest BCUT2D eigenvalue weighted by Gasteiger charge is -2.22. The number of nitrogens with zero attached hydrogens (tertiary/aromatic N) is 1. The van der Waals surface area contributed by atoms with E-state index in [-0.39, 0.29) is 12.1 Å². The smallest absolute Gasteiger partial charge is 0.161 e. The number of hydrogen-bond acceptors (Lipinski definition) is 5. The van der Waals surface area contributed by atoms with Gasteiger partial charge in [-0.1, -0.05) is 6.07 Å². The van der Waals surface area contributed by atoms with Crippen molar-refractivity contribution in [2.75, 3.05) is 13.2 Å². The van der Waals surface area contributed by atoms with Gasteiger partial charge in [0, 0.05) is 17.5 Å². The summed E-state index contributed by atoms with van der Waals surface area (Å²) in [6.07, 6.45) is 0. The zero-order valence-electron chi connectivity index (χ0n) is 11.6. The molecule has 2 aromatic rings. The molecule has 3 rings (SSSR count). The van der Waals surface area contributed by atoms with Gasteiger partial charge >= 0.3 is 0 Å². The molecule has 2 unspecified atom stereocenters. The molecule has 0 amide bonds. The maximum atomic E-state index is 5.63. The van der Waals surface area contributed by atoms with Crippen LogP contribution in [0, 0.1) is 0 Å². The number of rotatable bonds is 4. The van der Waals surface area contributed by atoms with E-state index in [0.717, 1.165) is 17.2 Å². The van der Waals surface area contributed by atoms with Crippen LogP contribution in [0.2, 0.25) is 0 Å². The van der Waals surface area contributed by atoms with E-state index in [2.05, 4.69) is 41.7 Å². The number of ether oxygens (including phenoxy) is 2. The fourth-order valence-electron chi connectivity index (χ4n) is 2.32. The molecule has 0 bridgehead atoms. The number of benzene rings is 1. The molecular weight excluding hydrogens is 272 g/mol. The van der Waals surface area contributed by atoms with Crippen molar-refractivity contribution >= 4 is 11.3 Å². The number of fused-ring (bicyclic) bond motifs is 1. The van der Waals surface area contributed by atoms with Gasteiger partial charge in [-0.25, -0.2) is 4.98 Å². The van der Waals surface area contributed by atoms with E-state index in [1.807, 2.05) is 11.6 Å². The second kappa shape index (κ2) is 5.81. The highest BCUT2D eigenvalue weighted by molar-refractivity contribution is 7.07. The third-order valence-electron chi connectivity index (χ3n) is 3.46. The van der Waals surface area contributed by atoms with Gasteiger partial charge in [-0.05, 0) is 31.5 Å². The second-order valence-corrected chi connectivity index (χ2v) is 5.65. The van der Waals surface area contributed by atoms with Crippen LogP contribution in [0.5, 0.6) is 11.5 Å². The highest BCUT2D eigenvalue weighted by atomic mass is 32.1. The zero-order chi connectivity index (χ0) is 13.9. The Labute approximate surface area is 122 Å². The maximum Gasteiger partial charge on any atom is 0.161 e. The molecule has 4 nitrogen and oxygen atoms in total. The average Bonchev–Trinajstić information content (AvgIpc) is 3.01. The molecule has 1 aliphatic heterocycles. The molecule has 1 aromatic carbocycles. The molecule has 1 aromatic heterocycles. The summed E-state index contributed by atoms with van der Waals surface area (Å²) in [5, 5.41) is 5.63. The largest absolute Gasteiger partial charge is 0.486 e. The Hall–Kier alpha value is -1.59. The summed E-state index contributed by atoms with van der Waals surface area (Å²) >= 11 is 1.62. The summed E-state index contributed by atoms with van der Waals surface area (Å²) < 4.78 is 11.2. The molecule has 0 saturated carbocycles. The minimum absolute atomic E-state index is 0.225. The van der Waals surface area contributed by atoms with E-state index in [1.54, 1.807) is 11.3 Å². The number of nitrogens with one attached hydrogen (secondary N) is 1. The normalized spacial score (nSPS) is 16.7. The van der Waals surface area contributed by atoms with Gasteiger partial charge in [0.2, 0.25) is 0 Å². The van der Waals surface area contributed by atoms with Gasteiger partial charge in [-0.2, -0.15) is 0 Å². The first-order valence-electron chi connectivity index (χ1n) is 6.77. The van der Waals surface area contributed by atoms with E-state index in [0.29, 0.717) is 13.2 Å². The minimum atomic E-state index is 0.225. The molecule has 106 valence electrons. The summed E-state index contributed by atoms with van der Waals surface area (Å²) in [7, 11) is 0. The van der Waals surface area contributed by atoms with Crippen molar-refractivity contribution in [3.05, 3.63) is 40.3 Å². The fourth-order valence-corrected chi connectivity index (χ4v) is 2.97. The van der Waals surface area contributed by atoms with Crippen LogP contribution in [0.25, 0.3) is 0 Å². The van der Waals surface area contributed by atoms with Crippen molar-refractivity contribution < 1.29 is 9.47 Å². The van der Waals surface area contributed by atoms with Gasteiger partial charge in [0.15, 0.2) is 11.5 Å². The number of aromatic nitrogens is 1. The van der Waals surface area contributed by atoms with Crippen LogP contribution in [0.3, 0.4) is 0 Å². The molecule has 0 spiro atoms. The van der Waals surface area contributed by atoms with Gasteiger partial charge in [0.25, 0.3) is 0 Å². The molecule has 20 heavy (non-hydrogen) atoms. The Bertz CT molecular complexity index is 571. The van der Waals surface area contributed by atoms with Crippen LogP contribution >= 0.6 is 11.3 Å². The van der Waals surface area contributed by atoms with Crippen molar-refractivity contribution in [1.29, 1.82) is 0 Å². The molecule has 0 fully saturated rings. The number of thiazole rings is 1. The van der Waals surface area contributed by atoms with Crippen LogP contribution in [-0.2, 0) is 0 Å². The molecule has 2 atom stereocenters. The molecule has 1 aliphatic rings. The van der Waals surface area contributed by atoms with Crippen molar-refractivity contribution in [2.24, 2.45) is 0 Å². The second-order valence-electron chi connectivity index (χ2n) is 4.93. The minimum Gasteiger partial charge on any atom is -0.486 e. The van der Waals surface area contributed by atoms with Crippen LogP contribution in [-0.4, -0.2) is 18.2 Å². The van der Waals surface area contributed by atoms with Gasteiger partial charge in [0.1, 0.15) is 13.2 Å². The van der Waals surface area contributed by atoms with E-state index < -0.39 is 0 Å².